The number of hydrogen-bond acceptors (Lipinski definition) is 5. The van der Waals surface area contributed by atoms with Gasteiger partial charge in [0, 0.05) is 26.1 Å². The van der Waals surface area contributed by atoms with Gasteiger partial charge in [-0.15, -0.1) is 11.3 Å². The number of hydrogen-bond donors (Lipinski definition) is 1. The molecule has 2 aliphatic rings. The highest BCUT2D eigenvalue weighted by Gasteiger charge is 2.41. The minimum Gasteiger partial charge on any atom is -0.480 e. The van der Waals surface area contributed by atoms with E-state index in [-0.39, 0.29) is 12.1 Å². The first-order valence-corrected chi connectivity index (χ1v) is 11.0. The number of fused-ring (bicyclic) bond motifs is 3. The molecule has 0 aliphatic carbocycles. The zero-order valence-corrected chi connectivity index (χ0v) is 17.7. The molecule has 2 atom stereocenters. The second-order valence-electron chi connectivity index (χ2n) is 7.09. The fraction of sp³-hybridized carbons (Fsp3) is 0.0909. The minimum absolute atomic E-state index is 0.158. The smallest absolute Gasteiger partial charge is 0.226 e. The Morgan fingerprint density at radius 1 is 1.03 bits per heavy atom. The molecule has 2 aliphatic heterocycles. The van der Waals surface area contributed by atoms with Crippen molar-refractivity contribution in [1.82, 2.24) is 14.8 Å². The molecule has 0 bridgehead atoms. The van der Waals surface area contributed by atoms with Gasteiger partial charge in [0.2, 0.25) is 5.95 Å². The molecule has 0 radical (unpaired) electrons. The van der Waals surface area contributed by atoms with Crippen LogP contribution in [0.2, 0.25) is 10.0 Å². The largest absolute Gasteiger partial charge is 0.480 e. The van der Waals surface area contributed by atoms with E-state index in [4.69, 9.17) is 27.9 Å². The molecule has 1 N–H and O–H groups in total. The van der Waals surface area contributed by atoms with E-state index in [0.29, 0.717) is 16.0 Å². The van der Waals surface area contributed by atoms with Crippen LogP contribution in [0, 0.1) is 0 Å². The van der Waals surface area contributed by atoms with Gasteiger partial charge in [0.1, 0.15) is 24.2 Å². The zero-order valence-electron chi connectivity index (χ0n) is 15.4. The van der Waals surface area contributed by atoms with Crippen molar-refractivity contribution in [2.45, 2.75) is 12.1 Å². The first-order valence-electron chi connectivity index (χ1n) is 9.35. The van der Waals surface area contributed by atoms with Crippen LogP contribution in [0.25, 0.3) is 5.70 Å². The number of ether oxygens (including phenoxy) is 1. The maximum absolute atomic E-state index is 6.55. The standard InChI is InChI=1S/C22H14Cl2N4OS/c23-13-4-1-3-12(9-13)21-18-19(15-10-14(24)6-7-16(15)29-21)27-22-25-11-26-28(22)20(18)17-5-2-8-30-17/h1-11,20-21H,(H,25,26,27)/t20-,21+/m0/s1. The third-order valence-corrected chi connectivity index (χ3v) is 6.73. The predicted octanol–water partition coefficient (Wildman–Crippen LogP) is 6.21. The molecule has 6 rings (SSSR count). The summed E-state index contributed by atoms with van der Waals surface area (Å²) in [6.45, 7) is 0. The van der Waals surface area contributed by atoms with Gasteiger partial charge >= 0.3 is 0 Å². The number of thiophene rings is 1. The number of nitrogens with one attached hydrogen (secondary N) is 1. The number of rotatable bonds is 2. The van der Waals surface area contributed by atoms with Crippen molar-refractivity contribution in [1.29, 1.82) is 0 Å². The van der Waals surface area contributed by atoms with E-state index in [1.165, 1.54) is 0 Å². The lowest BCUT2D eigenvalue weighted by molar-refractivity contribution is 0.223. The Balaban J connectivity index is 1.65. The number of aromatic nitrogens is 3. The third-order valence-electron chi connectivity index (χ3n) is 5.34. The lowest BCUT2D eigenvalue weighted by Crippen LogP contribution is -2.32. The minimum atomic E-state index is -0.343. The highest BCUT2D eigenvalue weighted by atomic mass is 35.5. The number of nitrogens with zero attached hydrogens (tertiary/aromatic N) is 3. The Morgan fingerprint density at radius 2 is 1.93 bits per heavy atom. The summed E-state index contributed by atoms with van der Waals surface area (Å²) < 4.78 is 8.45. The highest BCUT2D eigenvalue weighted by Crippen LogP contribution is 2.51. The van der Waals surface area contributed by atoms with Crippen molar-refractivity contribution in [3.8, 4) is 5.75 Å². The molecular weight excluding hydrogens is 439 g/mol. The van der Waals surface area contributed by atoms with Gasteiger partial charge in [-0.1, -0.05) is 41.4 Å². The Labute approximate surface area is 186 Å². The first-order chi connectivity index (χ1) is 14.7. The fourth-order valence-electron chi connectivity index (χ4n) is 4.11. The Kier molecular flexibility index (Phi) is 4.13. The summed E-state index contributed by atoms with van der Waals surface area (Å²) in [5, 5.41) is 11.4. The molecule has 4 aromatic rings. The maximum atomic E-state index is 6.55. The molecule has 2 aromatic heterocycles. The summed E-state index contributed by atoms with van der Waals surface area (Å²) in [4.78, 5) is 5.58. The summed E-state index contributed by atoms with van der Waals surface area (Å²) >= 11 is 14.4. The zero-order chi connectivity index (χ0) is 20.2. The second-order valence-corrected chi connectivity index (χ2v) is 8.95. The number of anilines is 1. The van der Waals surface area contributed by atoms with Crippen molar-refractivity contribution >= 4 is 46.2 Å². The Morgan fingerprint density at radius 3 is 2.77 bits per heavy atom. The van der Waals surface area contributed by atoms with Gasteiger partial charge in [0.25, 0.3) is 0 Å². The molecular formula is C22H14Cl2N4OS. The van der Waals surface area contributed by atoms with Gasteiger partial charge in [-0.3, -0.25) is 0 Å². The quantitative estimate of drug-likeness (QED) is 0.392. The van der Waals surface area contributed by atoms with Gasteiger partial charge in [-0.05, 0) is 47.3 Å². The Hall–Kier alpha value is -2.80. The molecule has 0 saturated carbocycles. The molecule has 5 nitrogen and oxygen atoms in total. The van der Waals surface area contributed by atoms with Gasteiger partial charge in [0.05, 0.1) is 5.70 Å². The van der Waals surface area contributed by atoms with Crippen molar-refractivity contribution in [2.75, 3.05) is 5.32 Å². The van der Waals surface area contributed by atoms with E-state index in [1.54, 1.807) is 17.7 Å². The highest BCUT2D eigenvalue weighted by molar-refractivity contribution is 7.10. The SMILES string of the molecule is Clc1cccc([C@H]2Oc3ccc(Cl)cc3C3=C2[C@H](c2cccs2)n2ncnc2N3)c1. The van der Waals surface area contributed by atoms with Crippen LogP contribution in [0.5, 0.6) is 5.75 Å². The van der Waals surface area contributed by atoms with E-state index in [2.05, 4.69) is 26.8 Å². The van der Waals surface area contributed by atoms with Gasteiger partial charge in [0.15, 0.2) is 0 Å². The van der Waals surface area contributed by atoms with Crippen LogP contribution in [0.3, 0.4) is 0 Å². The van der Waals surface area contributed by atoms with Crippen LogP contribution in [-0.4, -0.2) is 14.8 Å². The summed E-state index contributed by atoms with van der Waals surface area (Å²) in [6, 6.07) is 17.4. The van der Waals surface area contributed by atoms with E-state index >= 15 is 0 Å². The van der Waals surface area contributed by atoms with E-state index in [0.717, 1.165) is 33.0 Å². The van der Waals surface area contributed by atoms with Crippen molar-refractivity contribution in [2.24, 2.45) is 0 Å². The van der Waals surface area contributed by atoms with Crippen LogP contribution in [0.15, 0.2) is 71.9 Å². The summed E-state index contributed by atoms with van der Waals surface area (Å²) in [5.74, 6) is 1.44. The van der Waals surface area contributed by atoms with Gasteiger partial charge < -0.3 is 10.1 Å². The second kappa shape index (κ2) is 6.87. The topological polar surface area (TPSA) is 52.0 Å². The number of benzene rings is 2. The lowest BCUT2D eigenvalue weighted by Gasteiger charge is -2.38. The molecule has 30 heavy (non-hydrogen) atoms. The molecule has 8 heteroatoms. The molecule has 0 saturated heterocycles. The average molecular weight is 453 g/mol. The molecule has 0 fully saturated rings. The first kappa shape index (κ1) is 18.0. The van der Waals surface area contributed by atoms with Crippen LogP contribution < -0.4 is 10.1 Å². The van der Waals surface area contributed by atoms with Crippen LogP contribution in [0.1, 0.15) is 28.1 Å². The van der Waals surface area contributed by atoms with Crippen LogP contribution >= 0.6 is 34.5 Å². The molecule has 0 amide bonds. The predicted molar refractivity (Wildman–Crippen MR) is 119 cm³/mol. The molecule has 2 aromatic carbocycles. The summed E-state index contributed by atoms with van der Waals surface area (Å²) in [7, 11) is 0. The average Bonchev–Trinajstić information content (AvgIpc) is 3.44. The molecule has 0 unspecified atom stereocenters. The van der Waals surface area contributed by atoms with Crippen molar-refractivity contribution in [3.05, 3.63) is 97.9 Å². The van der Waals surface area contributed by atoms with Gasteiger partial charge in [-0.2, -0.15) is 10.1 Å². The van der Waals surface area contributed by atoms with Gasteiger partial charge in [-0.25, -0.2) is 4.68 Å². The molecule has 0 spiro atoms. The normalized spacial score (nSPS) is 19.4. The molecule has 4 heterocycles. The van der Waals surface area contributed by atoms with E-state index in [1.807, 2.05) is 53.2 Å². The molecule has 148 valence electrons. The van der Waals surface area contributed by atoms with Crippen LogP contribution in [-0.2, 0) is 0 Å². The van der Waals surface area contributed by atoms with E-state index in [9.17, 15) is 0 Å². The summed E-state index contributed by atoms with van der Waals surface area (Å²) in [6.07, 6.45) is 1.22. The lowest BCUT2D eigenvalue weighted by atomic mass is 9.87. The summed E-state index contributed by atoms with van der Waals surface area (Å²) in [5.41, 5.74) is 3.88. The Bertz CT molecular complexity index is 1300. The van der Waals surface area contributed by atoms with E-state index < -0.39 is 0 Å². The fourth-order valence-corrected chi connectivity index (χ4v) is 5.30. The third kappa shape index (κ3) is 2.75. The number of halogens is 2. The van der Waals surface area contributed by atoms with Crippen molar-refractivity contribution < 1.29 is 4.74 Å². The van der Waals surface area contributed by atoms with Crippen molar-refractivity contribution in [3.63, 3.8) is 0 Å². The monoisotopic (exact) mass is 452 g/mol. The maximum Gasteiger partial charge on any atom is 0.226 e. The van der Waals surface area contributed by atoms with Crippen LogP contribution in [0.4, 0.5) is 5.95 Å².